The van der Waals surface area contributed by atoms with Gasteiger partial charge in [-0.1, -0.05) is 11.6 Å². The van der Waals surface area contributed by atoms with E-state index in [-0.39, 0.29) is 0 Å². The lowest BCUT2D eigenvalue weighted by Gasteiger charge is -2.07. The molecule has 0 saturated heterocycles. The highest BCUT2D eigenvalue weighted by Gasteiger charge is 2.01. The summed E-state index contributed by atoms with van der Waals surface area (Å²) in [7, 11) is 0. The zero-order valence-corrected chi connectivity index (χ0v) is 11.1. The summed E-state index contributed by atoms with van der Waals surface area (Å²) in [5, 5.41) is 4.01. The Kier molecular flexibility index (Phi) is 3.51. The number of nitrogens with one attached hydrogen (secondary N) is 2. The molecule has 0 aliphatic heterocycles. The van der Waals surface area contributed by atoms with Gasteiger partial charge in [-0.05, 0) is 41.1 Å². The van der Waals surface area contributed by atoms with Crippen LogP contribution in [0.1, 0.15) is 11.5 Å². The second kappa shape index (κ2) is 4.89. The van der Waals surface area contributed by atoms with Gasteiger partial charge in [0.15, 0.2) is 0 Å². The van der Waals surface area contributed by atoms with E-state index in [0.29, 0.717) is 6.54 Å². The first-order valence-corrected chi connectivity index (χ1v) is 6.01. The quantitative estimate of drug-likeness (QED) is 0.906. The Morgan fingerprint density at radius 3 is 2.94 bits per heavy atom. The summed E-state index contributed by atoms with van der Waals surface area (Å²) < 4.78 is 0.955. The van der Waals surface area contributed by atoms with Gasteiger partial charge in [0.1, 0.15) is 5.82 Å². The van der Waals surface area contributed by atoms with Crippen molar-refractivity contribution in [3.8, 4) is 0 Å². The van der Waals surface area contributed by atoms with Crippen molar-refractivity contribution in [1.82, 2.24) is 9.97 Å². The standard InChI is InChI=1S/C11H11BrClN3/c1-7-14-5-9(16-7)6-15-11-3-2-8(13)4-10(11)12/h2-5,15H,6H2,1H3,(H,14,16). The molecule has 0 radical (unpaired) electrons. The predicted molar refractivity (Wildman–Crippen MR) is 69.8 cm³/mol. The Hall–Kier alpha value is -1.000. The molecule has 1 heterocycles. The SMILES string of the molecule is Cc1ncc(CNc2ccc(Cl)cc2Br)[nH]1. The van der Waals surface area contributed by atoms with Crippen LogP contribution in [0.15, 0.2) is 28.9 Å². The topological polar surface area (TPSA) is 40.7 Å². The van der Waals surface area contributed by atoms with Crippen LogP contribution in [0.25, 0.3) is 0 Å². The number of hydrogen-bond acceptors (Lipinski definition) is 2. The van der Waals surface area contributed by atoms with E-state index in [0.717, 1.165) is 26.7 Å². The molecule has 0 unspecified atom stereocenters. The third-order valence-corrected chi connectivity index (χ3v) is 3.05. The Morgan fingerprint density at radius 2 is 2.31 bits per heavy atom. The molecule has 3 nitrogen and oxygen atoms in total. The number of nitrogens with zero attached hydrogens (tertiary/aromatic N) is 1. The molecule has 0 spiro atoms. The smallest absolute Gasteiger partial charge is 0.103 e. The van der Waals surface area contributed by atoms with Gasteiger partial charge in [0.25, 0.3) is 0 Å². The molecule has 16 heavy (non-hydrogen) atoms. The van der Waals surface area contributed by atoms with Crippen LogP contribution in [0.5, 0.6) is 0 Å². The van der Waals surface area contributed by atoms with Crippen LogP contribution in [-0.4, -0.2) is 9.97 Å². The second-order valence-electron chi connectivity index (χ2n) is 3.47. The Balaban J connectivity index is 2.04. The van der Waals surface area contributed by atoms with Crippen molar-refractivity contribution in [1.29, 1.82) is 0 Å². The predicted octanol–water partition coefficient (Wildman–Crippen LogP) is 3.75. The van der Waals surface area contributed by atoms with Crippen molar-refractivity contribution in [3.05, 3.63) is 45.4 Å². The number of aryl methyl sites for hydroxylation is 1. The van der Waals surface area contributed by atoms with Gasteiger partial charge in [-0.3, -0.25) is 0 Å². The van der Waals surface area contributed by atoms with Gasteiger partial charge in [0.05, 0.1) is 18.4 Å². The van der Waals surface area contributed by atoms with Crippen LogP contribution in [0.4, 0.5) is 5.69 Å². The number of benzene rings is 1. The van der Waals surface area contributed by atoms with Crippen molar-refractivity contribution in [2.45, 2.75) is 13.5 Å². The van der Waals surface area contributed by atoms with E-state index in [1.54, 1.807) is 0 Å². The van der Waals surface area contributed by atoms with E-state index in [4.69, 9.17) is 11.6 Å². The van der Waals surface area contributed by atoms with Gasteiger partial charge in [-0.2, -0.15) is 0 Å². The van der Waals surface area contributed by atoms with Gasteiger partial charge >= 0.3 is 0 Å². The Labute approximate surface area is 107 Å². The van der Waals surface area contributed by atoms with Gasteiger partial charge in [-0.25, -0.2) is 4.98 Å². The molecule has 0 aliphatic rings. The summed E-state index contributed by atoms with van der Waals surface area (Å²) in [4.78, 5) is 7.30. The van der Waals surface area contributed by atoms with Gasteiger partial charge in [0.2, 0.25) is 0 Å². The molecule has 1 aromatic carbocycles. The number of anilines is 1. The summed E-state index contributed by atoms with van der Waals surface area (Å²) in [5.74, 6) is 0.923. The summed E-state index contributed by atoms with van der Waals surface area (Å²) in [5.41, 5.74) is 2.07. The number of aromatic nitrogens is 2. The van der Waals surface area contributed by atoms with Crippen LogP contribution in [0.2, 0.25) is 5.02 Å². The molecule has 0 fully saturated rings. The largest absolute Gasteiger partial charge is 0.379 e. The molecule has 2 aromatic rings. The van der Waals surface area contributed by atoms with Crippen molar-refractivity contribution >= 4 is 33.2 Å². The highest BCUT2D eigenvalue weighted by atomic mass is 79.9. The summed E-state index contributed by atoms with van der Waals surface area (Å²) in [6, 6.07) is 5.66. The monoisotopic (exact) mass is 299 g/mol. The number of halogens is 2. The van der Waals surface area contributed by atoms with Crippen LogP contribution < -0.4 is 5.32 Å². The number of rotatable bonds is 3. The molecule has 2 N–H and O–H groups in total. The molecule has 1 aromatic heterocycles. The molecule has 84 valence electrons. The second-order valence-corrected chi connectivity index (χ2v) is 4.76. The maximum Gasteiger partial charge on any atom is 0.103 e. The molecule has 2 rings (SSSR count). The number of hydrogen-bond donors (Lipinski definition) is 2. The molecular formula is C11H11BrClN3. The minimum atomic E-state index is 0.709. The lowest BCUT2D eigenvalue weighted by molar-refractivity contribution is 1.05. The summed E-state index contributed by atoms with van der Waals surface area (Å²) in [6.07, 6.45) is 1.83. The molecule has 0 bridgehead atoms. The van der Waals surface area contributed by atoms with E-state index in [1.165, 1.54) is 0 Å². The molecule has 0 saturated carbocycles. The first kappa shape index (κ1) is 11.5. The maximum atomic E-state index is 5.86. The van der Waals surface area contributed by atoms with Crippen LogP contribution >= 0.6 is 27.5 Å². The zero-order valence-electron chi connectivity index (χ0n) is 8.72. The normalized spacial score (nSPS) is 10.4. The van der Waals surface area contributed by atoms with E-state index in [1.807, 2.05) is 31.3 Å². The first-order chi connectivity index (χ1) is 7.65. The molecule has 0 atom stereocenters. The highest BCUT2D eigenvalue weighted by Crippen LogP contribution is 2.26. The molecule has 0 amide bonds. The fourth-order valence-electron chi connectivity index (χ4n) is 1.38. The van der Waals surface area contributed by atoms with Crippen LogP contribution in [0, 0.1) is 6.92 Å². The Bertz CT molecular complexity index is 496. The van der Waals surface area contributed by atoms with Crippen molar-refractivity contribution in [2.24, 2.45) is 0 Å². The fraction of sp³-hybridized carbons (Fsp3) is 0.182. The number of H-pyrrole nitrogens is 1. The number of imidazole rings is 1. The van der Waals surface area contributed by atoms with E-state index in [9.17, 15) is 0 Å². The number of aromatic amines is 1. The maximum absolute atomic E-state index is 5.86. The minimum absolute atomic E-state index is 0.709. The van der Waals surface area contributed by atoms with Crippen molar-refractivity contribution in [3.63, 3.8) is 0 Å². The summed E-state index contributed by atoms with van der Waals surface area (Å²) in [6.45, 7) is 2.64. The van der Waals surface area contributed by atoms with E-state index < -0.39 is 0 Å². The van der Waals surface area contributed by atoms with Gasteiger partial charge < -0.3 is 10.3 Å². The average Bonchev–Trinajstić information content (AvgIpc) is 2.63. The first-order valence-electron chi connectivity index (χ1n) is 4.84. The fourth-order valence-corrected chi connectivity index (χ4v) is 2.21. The van der Waals surface area contributed by atoms with Crippen LogP contribution in [0.3, 0.4) is 0 Å². The van der Waals surface area contributed by atoms with Gasteiger partial charge in [-0.15, -0.1) is 0 Å². The third-order valence-electron chi connectivity index (χ3n) is 2.16. The van der Waals surface area contributed by atoms with Crippen molar-refractivity contribution in [2.75, 3.05) is 5.32 Å². The highest BCUT2D eigenvalue weighted by molar-refractivity contribution is 9.10. The third kappa shape index (κ3) is 2.77. The van der Waals surface area contributed by atoms with E-state index in [2.05, 4.69) is 31.2 Å². The Morgan fingerprint density at radius 1 is 1.50 bits per heavy atom. The zero-order chi connectivity index (χ0) is 11.5. The van der Waals surface area contributed by atoms with E-state index >= 15 is 0 Å². The molecule has 0 aliphatic carbocycles. The van der Waals surface area contributed by atoms with Crippen molar-refractivity contribution < 1.29 is 0 Å². The lowest BCUT2D eigenvalue weighted by Crippen LogP contribution is -2.00. The van der Waals surface area contributed by atoms with Gasteiger partial charge in [0, 0.05) is 15.2 Å². The average molecular weight is 301 g/mol. The van der Waals surface area contributed by atoms with Crippen LogP contribution in [-0.2, 0) is 6.54 Å². The molecular weight excluding hydrogens is 289 g/mol. The summed E-state index contributed by atoms with van der Waals surface area (Å²) >= 11 is 9.32. The minimum Gasteiger partial charge on any atom is -0.379 e. The molecule has 5 heteroatoms. The lowest BCUT2D eigenvalue weighted by atomic mass is 10.3.